The molecule has 122 valence electrons. The molecule has 2 rings (SSSR count). The van der Waals surface area contributed by atoms with Crippen molar-refractivity contribution in [3.05, 3.63) is 53.1 Å². The highest BCUT2D eigenvalue weighted by Gasteiger charge is 2.06. The zero-order chi connectivity index (χ0) is 16.7. The zero-order valence-electron chi connectivity index (χ0n) is 13.8. The number of ether oxygens (including phenoxy) is 3. The van der Waals surface area contributed by atoms with Crippen molar-refractivity contribution in [2.45, 2.75) is 20.3 Å². The Labute approximate surface area is 137 Å². The molecule has 0 atom stereocenters. The van der Waals surface area contributed by atoms with Crippen molar-refractivity contribution in [2.24, 2.45) is 0 Å². The van der Waals surface area contributed by atoms with Crippen LogP contribution in [-0.4, -0.2) is 26.6 Å². The number of benzene rings is 2. The first-order valence-electron chi connectivity index (χ1n) is 7.60. The highest BCUT2D eigenvalue weighted by Crippen LogP contribution is 2.27. The van der Waals surface area contributed by atoms with Gasteiger partial charge in [-0.2, -0.15) is 0 Å². The first-order chi connectivity index (χ1) is 11.2. The second-order valence-corrected chi connectivity index (χ2v) is 5.28. The summed E-state index contributed by atoms with van der Waals surface area (Å²) in [6.45, 7) is 5.22. The Morgan fingerprint density at radius 3 is 2.39 bits per heavy atom. The van der Waals surface area contributed by atoms with Crippen LogP contribution in [0.25, 0.3) is 0 Å². The summed E-state index contributed by atoms with van der Waals surface area (Å²) in [5.41, 5.74) is 2.95. The predicted molar refractivity (Wildman–Crippen MR) is 89.9 cm³/mol. The maximum absolute atomic E-state index is 10.8. The Morgan fingerprint density at radius 2 is 1.70 bits per heavy atom. The lowest BCUT2D eigenvalue weighted by atomic mass is 10.1. The average molecular weight is 314 g/mol. The SMILES string of the molecule is COc1cc(C=O)ccc1OCCCOc1cccc(C)c1C. The van der Waals surface area contributed by atoms with Crippen LogP contribution in [0.4, 0.5) is 0 Å². The van der Waals surface area contributed by atoms with Gasteiger partial charge in [-0.3, -0.25) is 4.79 Å². The van der Waals surface area contributed by atoms with E-state index < -0.39 is 0 Å². The normalized spacial score (nSPS) is 10.2. The van der Waals surface area contributed by atoms with Crippen molar-refractivity contribution in [1.82, 2.24) is 0 Å². The van der Waals surface area contributed by atoms with Gasteiger partial charge in [0.05, 0.1) is 20.3 Å². The monoisotopic (exact) mass is 314 g/mol. The lowest BCUT2D eigenvalue weighted by molar-refractivity contribution is 0.112. The molecule has 0 radical (unpaired) electrons. The van der Waals surface area contributed by atoms with E-state index in [9.17, 15) is 4.79 Å². The minimum atomic E-state index is 0.516. The molecule has 0 aromatic heterocycles. The maximum atomic E-state index is 10.8. The van der Waals surface area contributed by atoms with Crippen molar-refractivity contribution < 1.29 is 19.0 Å². The highest BCUT2D eigenvalue weighted by atomic mass is 16.5. The second-order valence-electron chi connectivity index (χ2n) is 5.28. The molecule has 0 saturated carbocycles. The van der Waals surface area contributed by atoms with Gasteiger partial charge in [-0.05, 0) is 49.2 Å². The molecule has 0 heterocycles. The Kier molecular flexibility index (Phi) is 6.03. The quantitative estimate of drug-likeness (QED) is 0.546. The fraction of sp³-hybridized carbons (Fsp3) is 0.316. The molecular weight excluding hydrogens is 292 g/mol. The van der Waals surface area contributed by atoms with E-state index in [1.165, 1.54) is 11.1 Å². The van der Waals surface area contributed by atoms with Gasteiger partial charge in [0, 0.05) is 12.0 Å². The van der Waals surface area contributed by atoms with Crippen molar-refractivity contribution in [3.63, 3.8) is 0 Å². The molecule has 2 aromatic carbocycles. The number of rotatable bonds is 8. The number of aldehydes is 1. The number of carbonyl (C=O) groups excluding carboxylic acids is 1. The third kappa shape index (κ3) is 4.49. The summed E-state index contributed by atoms with van der Waals surface area (Å²) >= 11 is 0. The van der Waals surface area contributed by atoms with Crippen molar-refractivity contribution in [2.75, 3.05) is 20.3 Å². The number of hydrogen-bond donors (Lipinski definition) is 0. The number of aryl methyl sites for hydroxylation is 1. The summed E-state index contributed by atoms with van der Waals surface area (Å²) in [5.74, 6) is 2.10. The van der Waals surface area contributed by atoms with Crippen molar-refractivity contribution in [3.8, 4) is 17.2 Å². The van der Waals surface area contributed by atoms with Gasteiger partial charge in [0.25, 0.3) is 0 Å². The minimum Gasteiger partial charge on any atom is -0.493 e. The summed E-state index contributed by atoms with van der Waals surface area (Å²) in [6, 6.07) is 11.2. The largest absolute Gasteiger partial charge is 0.493 e. The minimum absolute atomic E-state index is 0.516. The van der Waals surface area contributed by atoms with E-state index in [4.69, 9.17) is 14.2 Å². The first kappa shape index (κ1) is 16.9. The molecule has 2 aromatic rings. The average Bonchev–Trinajstić information content (AvgIpc) is 2.58. The molecule has 0 aliphatic heterocycles. The molecule has 0 amide bonds. The molecule has 0 fully saturated rings. The summed E-state index contributed by atoms with van der Waals surface area (Å²) in [7, 11) is 1.56. The Balaban J connectivity index is 1.81. The third-order valence-electron chi connectivity index (χ3n) is 3.68. The van der Waals surface area contributed by atoms with E-state index in [2.05, 4.69) is 19.9 Å². The summed E-state index contributed by atoms with van der Waals surface area (Å²) < 4.78 is 16.7. The summed E-state index contributed by atoms with van der Waals surface area (Å²) in [5, 5.41) is 0. The molecule has 0 saturated heterocycles. The Bertz CT molecular complexity index is 664. The van der Waals surface area contributed by atoms with E-state index in [0.29, 0.717) is 30.3 Å². The fourth-order valence-corrected chi connectivity index (χ4v) is 2.18. The van der Waals surface area contributed by atoms with E-state index in [-0.39, 0.29) is 0 Å². The summed E-state index contributed by atoms with van der Waals surface area (Å²) in [4.78, 5) is 10.8. The molecule has 4 nitrogen and oxygen atoms in total. The number of carbonyl (C=O) groups is 1. The molecule has 0 N–H and O–H groups in total. The van der Waals surface area contributed by atoms with Gasteiger partial charge >= 0.3 is 0 Å². The van der Waals surface area contributed by atoms with Gasteiger partial charge in [0.15, 0.2) is 11.5 Å². The van der Waals surface area contributed by atoms with Crippen molar-refractivity contribution >= 4 is 6.29 Å². The van der Waals surface area contributed by atoms with Crippen LogP contribution in [0.15, 0.2) is 36.4 Å². The molecule has 4 heteroatoms. The van der Waals surface area contributed by atoms with Crippen LogP contribution in [0.2, 0.25) is 0 Å². The van der Waals surface area contributed by atoms with Gasteiger partial charge < -0.3 is 14.2 Å². The van der Waals surface area contributed by atoms with E-state index in [1.54, 1.807) is 25.3 Å². The number of methoxy groups -OCH3 is 1. The van der Waals surface area contributed by atoms with Gasteiger partial charge in [0.2, 0.25) is 0 Å². The van der Waals surface area contributed by atoms with E-state index in [0.717, 1.165) is 18.5 Å². The fourth-order valence-electron chi connectivity index (χ4n) is 2.18. The first-order valence-corrected chi connectivity index (χ1v) is 7.60. The lowest BCUT2D eigenvalue weighted by Crippen LogP contribution is -2.06. The molecular formula is C19H22O4. The van der Waals surface area contributed by atoms with E-state index in [1.807, 2.05) is 12.1 Å². The molecule has 23 heavy (non-hydrogen) atoms. The van der Waals surface area contributed by atoms with Crippen LogP contribution in [-0.2, 0) is 0 Å². The smallest absolute Gasteiger partial charge is 0.161 e. The zero-order valence-corrected chi connectivity index (χ0v) is 13.8. The maximum Gasteiger partial charge on any atom is 0.161 e. The van der Waals surface area contributed by atoms with Crippen LogP contribution < -0.4 is 14.2 Å². The van der Waals surface area contributed by atoms with Crippen LogP contribution in [0, 0.1) is 13.8 Å². The van der Waals surface area contributed by atoms with Gasteiger partial charge in [-0.15, -0.1) is 0 Å². The molecule has 0 spiro atoms. The topological polar surface area (TPSA) is 44.8 Å². The summed E-state index contributed by atoms with van der Waals surface area (Å²) in [6.07, 6.45) is 1.54. The Hall–Kier alpha value is -2.49. The van der Waals surface area contributed by atoms with Crippen LogP contribution in [0.3, 0.4) is 0 Å². The predicted octanol–water partition coefficient (Wildman–Crippen LogP) is 3.97. The van der Waals surface area contributed by atoms with Crippen LogP contribution in [0.1, 0.15) is 27.9 Å². The van der Waals surface area contributed by atoms with Crippen molar-refractivity contribution in [1.29, 1.82) is 0 Å². The van der Waals surface area contributed by atoms with Gasteiger partial charge in [-0.1, -0.05) is 12.1 Å². The second kappa shape index (κ2) is 8.22. The molecule has 0 aliphatic carbocycles. The van der Waals surface area contributed by atoms with Gasteiger partial charge in [-0.25, -0.2) is 0 Å². The standard InChI is InChI=1S/C19H22O4/c1-14-6-4-7-17(15(14)2)22-10-5-11-23-18-9-8-16(13-20)12-19(18)21-3/h4,6-9,12-13H,5,10-11H2,1-3H3. The lowest BCUT2D eigenvalue weighted by Gasteiger charge is -2.13. The molecule has 0 bridgehead atoms. The van der Waals surface area contributed by atoms with Gasteiger partial charge in [0.1, 0.15) is 12.0 Å². The number of hydrogen-bond acceptors (Lipinski definition) is 4. The van der Waals surface area contributed by atoms with Crippen LogP contribution in [0.5, 0.6) is 17.2 Å². The third-order valence-corrected chi connectivity index (χ3v) is 3.68. The molecule has 0 aliphatic rings. The van der Waals surface area contributed by atoms with E-state index >= 15 is 0 Å². The van der Waals surface area contributed by atoms with Crippen LogP contribution >= 0.6 is 0 Å². The Morgan fingerprint density at radius 1 is 0.957 bits per heavy atom. The highest BCUT2D eigenvalue weighted by molar-refractivity contribution is 5.76. The molecule has 0 unspecified atom stereocenters.